The average Bonchev–Trinajstić information content (AvgIpc) is 1.91. The van der Waals surface area contributed by atoms with Crippen LogP contribution in [0.5, 0.6) is 0 Å². The third kappa shape index (κ3) is 0.660. The lowest BCUT2D eigenvalue weighted by Crippen LogP contribution is -1.84. The van der Waals surface area contributed by atoms with E-state index in [1.54, 1.807) is 0 Å². The van der Waals surface area contributed by atoms with Gasteiger partial charge in [0.05, 0.1) is 0 Å². The largest absolute Gasteiger partial charge is 0.354 e. The zero-order chi connectivity index (χ0) is 5.28. The van der Waals surface area contributed by atoms with Gasteiger partial charge in [0, 0.05) is 25.9 Å². The molecule has 0 atom stereocenters. The Hall–Kier alpha value is -0.720. The van der Waals surface area contributed by atoms with Crippen molar-refractivity contribution in [2.45, 2.75) is 0 Å². The number of nitrogens with zero attached hydrogens (tertiary/aromatic N) is 1. The van der Waals surface area contributed by atoms with Crippen LogP contribution in [0.3, 0.4) is 0 Å². The highest BCUT2D eigenvalue weighted by atomic mass is 14.9. The van der Waals surface area contributed by atoms with Crippen LogP contribution in [0.25, 0.3) is 0 Å². The van der Waals surface area contributed by atoms with Crippen LogP contribution in [0.15, 0.2) is 18.3 Å². The molecule has 2 radical (unpaired) electrons. The molecule has 0 amide bonds. The van der Waals surface area contributed by atoms with Crippen molar-refractivity contribution in [3.05, 3.63) is 30.9 Å². The molecule has 0 saturated heterocycles. The van der Waals surface area contributed by atoms with E-state index in [1.807, 2.05) is 29.9 Å². The maximum Gasteiger partial charge on any atom is 0.0216 e. The molecule has 0 N–H and O–H groups in total. The molecule has 0 aliphatic rings. The van der Waals surface area contributed by atoms with E-state index in [9.17, 15) is 0 Å². The molecule has 0 aliphatic heterocycles. The summed E-state index contributed by atoms with van der Waals surface area (Å²) in [4.78, 5) is 0. The van der Waals surface area contributed by atoms with E-state index < -0.39 is 0 Å². The number of aromatic nitrogens is 1. The highest BCUT2D eigenvalue weighted by Crippen LogP contribution is 1.93. The van der Waals surface area contributed by atoms with Crippen molar-refractivity contribution in [3.8, 4) is 0 Å². The number of aryl methyl sites for hydroxylation is 1. The summed E-state index contributed by atoms with van der Waals surface area (Å²) in [7, 11) is 1.91. The molecule has 0 unspecified atom stereocenters. The first-order valence-electron chi connectivity index (χ1n) is 2.17. The first-order chi connectivity index (χ1) is 3.30. The summed E-state index contributed by atoms with van der Waals surface area (Å²) >= 11 is 0. The van der Waals surface area contributed by atoms with Gasteiger partial charge >= 0.3 is 0 Å². The van der Waals surface area contributed by atoms with E-state index in [4.69, 9.17) is 6.92 Å². The summed E-state index contributed by atoms with van der Waals surface area (Å²) < 4.78 is 1.86. The zero-order valence-corrected chi connectivity index (χ0v) is 4.26. The lowest BCUT2D eigenvalue weighted by atomic mass is 10.5. The van der Waals surface area contributed by atoms with Crippen LogP contribution in [-0.4, -0.2) is 4.57 Å². The molecule has 0 spiro atoms. The van der Waals surface area contributed by atoms with Crippen molar-refractivity contribution < 1.29 is 0 Å². The van der Waals surface area contributed by atoms with Gasteiger partial charge in [0.1, 0.15) is 0 Å². The molecule has 0 aromatic carbocycles. The summed E-state index contributed by atoms with van der Waals surface area (Å²) in [6.45, 7) is 5.40. The molecule has 1 aromatic rings. The molecule has 1 heteroatoms. The molecule has 1 aromatic heterocycles. The lowest BCUT2D eigenvalue weighted by molar-refractivity contribution is 0.904. The predicted octanol–water partition coefficient (Wildman–Crippen LogP) is 1.08. The van der Waals surface area contributed by atoms with Crippen LogP contribution < -0.4 is 0 Å². The fourth-order valence-electron chi connectivity index (χ4n) is 0.474. The third-order valence-corrected chi connectivity index (χ3v) is 0.984. The molecule has 1 nitrogen and oxygen atoms in total. The molecule has 36 valence electrons. The second kappa shape index (κ2) is 1.41. The van der Waals surface area contributed by atoms with Gasteiger partial charge < -0.3 is 4.57 Å². The number of hydrogen-bond acceptors (Lipinski definition) is 0. The van der Waals surface area contributed by atoms with Crippen LogP contribution in [0, 0.1) is 6.92 Å². The van der Waals surface area contributed by atoms with Crippen LogP contribution in [0.1, 0.15) is 5.69 Å². The van der Waals surface area contributed by atoms with E-state index in [0.29, 0.717) is 0 Å². The molecular weight excluding hydrogens is 86.1 g/mol. The van der Waals surface area contributed by atoms with Crippen molar-refractivity contribution in [2.24, 2.45) is 7.05 Å². The molecule has 0 fully saturated rings. The molecule has 0 bridgehead atoms. The molecule has 1 heterocycles. The maximum atomic E-state index is 5.40. The fourth-order valence-corrected chi connectivity index (χ4v) is 0.474. The van der Waals surface area contributed by atoms with Gasteiger partial charge in [-0.05, 0) is 12.1 Å². The van der Waals surface area contributed by atoms with Gasteiger partial charge in [-0.3, -0.25) is 0 Å². The highest BCUT2D eigenvalue weighted by molar-refractivity contribution is 5.08. The monoisotopic (exact) mass is 93.1 g/mol. The van der Waals surface area contributed by atoms with Crippen LogP contribution in [0.4, 0.5) is 0 Å². The Kier molecular flexibility index (Phi) is 0.895. The topological polar surface area (TPSA) is 4.93 Å². The highest BCUT2D eigenvalue weighted by Gasteiger charge is 1.82. The minimum atomic E-state index is 0.806. The SMILES string of the molecule is [CH]c1cccn1C. The normalized spacial score (nSPS) is 9.43. The van der Waals surface area contributed by atoms with E-state index in [2.05, 4.69) is 0 Å². The number of hydrogen-bond donors (Lipinski definition) is 0. The van der Waals surface area contributed by atoms with Gasteiger partial charge in [0.2, 0.25) is 0 Å². The van der Waals surface area contributed by atoms with Crippen molar-refractivity contribution in [3.63, 3.8) is 0 Å². The maximum absolute atomic E-state index is 5.40. The van der Waals surface area contributed by atoms with Crippen LogP contribution >= 0.6 is 0 Å². The second-order valence-electron chi connectivity index (χ2n) is 1.54. The summed E-state index contributed by atoms with van der Waals surface area (Å²) in [5.74, 6) is 0. The van der Waals surface area contributed by atoms with Crippen LogP contribution in [-0.2, 0) is 7.05 Å². The van der Waals surface area contributed by atoms with Gasteiger partial charge in [-0.1, -0.05) is 0 Å². The van der Waals surface area contributed by atoms with Crippen molar-refractivity contribution in [1.82, 2.24) is 4.57 Å². The van der Waals surface area contributed by atoms with E-state index in [0.717, 1.165) is 5.69 Å². The van der Waals surface area contributed by atoms with Crippen molar-refractivity contribution >= 4 is 0 Å². The summed E-state index contributed by atoms with van der Waals surface area (Å²) in [6, 6.07) is 3.77. The van der Waals surface area contributed by atoms with Crippen molar-refractivity contribution in [2.75, 3.05) is 0 Å². The van der Waals surface area contributed by atoms with Gasteiger partial charge in [0.15, 0.2) is 0 Å². The zero-order valence-electron chi connectivity index (χ0n) is 4.26. The van der Waals surface area contributed by atoms with Crippen molar-refractivity contribution in [1.29, 1.82) is 0 Å². The lowest BCUT2D eigenvalue weighted by Gasteiger charge is -1.89. The van der Waals surface area contributed by atoms with E-state index in [1.165, 1.54) is 0 Å². The first-order valence-corrected chi connectivity index (χ1v) is 2.17. The minimum Gasteiger partial charge on any atom is -0.354 e. The van der Waals surface area contributed by atoms with Gasteiger partial charge in [-0.15, -0.1) is 0 Å². The Morgan fingerprint density at radius 2 is 2.43 bits per heavy atom. The fraction of sp³-hybridized carbons (Fsp3) is 0.167. The first kappa shape index (κ1) is 4.44. The summed E-state index contributed by atoms with van der Waals surface area (Å²) in [6.07, 6.45) is 1.91. The smallest absolute Gasteiger partial charge is 0.0216 e. The molecule has 7 heavy (non-hydrogen) atoms. The Morgan fingerprint density at radius 3 is 2.57 bits per heavy atom. The third-order valence-electron chi connectivity index (χ3n) is 0.984. The van der Waals surface area contributed by atoms with E-state index >= 15 is 0 Å². The number of rotatable bonds is 0. The van der Waals surface area contributed by atoms with Gasteiger partial charge in [0.25, 0.3) is 0 Å². The predicted molar refractivity (Wildman–Crippen MR) is 28.8 cm³/mol. The Labute approximate surface area is 43.6 Å². The molecular formula is C6H7N. The van der Waals surface area contributed by atoms with Crippen LogP contribution in [0.2, 0.25) is 0 Å². The molecule has 1 rings (SSSR count). The molecule has 0 aliphatic carbocycles. The Morgan fingerprint density at radius 1 is 1.71 bits per heavy atom. The quantitative estimate of drug-likeness (QED) is 0.452. The second-order valence-corrected chi connectivity index (χ2v) is 1.54. The standard InChI is InChI=1S/C6H7N/c1-6-4-3-5-7(6)2/h1,3-5H,2H3. The minimum absolute atomic E-state index is 0.806. The Balaban J connectivity index is 3.12. The Bertz CT molecular complexity index is 136. The molecule has 0 saturated carbocycles. The average molecular weight is 93.1 g/mol. The van der Waals surface area contributed by atoms with Gasteiger partial charge in [-0.25, -0.2) is 0 Å². The van der Waals surface area contributed by atoms with E-state index in [-0.39, 0.29) is 0 Å². The summed E-state index contributed by atoms with van der Waals surface area (Å²) in [5, 5.41) is 0. The van der Waals surface area contributed by atoms with Gasteiger partial charge in [-0.2, -0.15) is 0 Å². The summed E-state index contributed by atoms with van der Waals surface area (Å²) in [5.41, 5.74) is 0.806.